The second kappa shape index (κ2) is 5.00. The monoisotopic (exact) mass is 277 g/mol. The number of hydrogen-bond donors (Lipinski definition) is 1. The minimum absolute atomic E-state index is 0.703. The normalized spacial score (nSPS) is 13.9. The zero-order chi connectivity index (χ0) is 14.0. The summed E-state index contributed by atoms with van der Waals surface area (Å²) in [7, 11) is -4.30. The first-order valence-electron chi connectivity index (χ1n) is 4.83. The third kappa shape index (κ3) is 3.24. The average Bonchev–Trinajstić information content (AvgIpc) is 2.27. The molecule has 1 aromatic carbocycles. The Bertz CT molecular complexity index is 573. The molecule has 1 unspecified atom stereocenters. The summed E-state index contributed by atoms with van der Waals surface area (Å²) in [5.41, 5.74) is -1.22. The average molecular weight is 277 g/mol. The number of hydrogen-bond acceptors (Lipinski definition) is 2. The highest BCUT2D eigenvalue weighted by molar-refractivity contribution is 7.89. The van der Waals surface area contributed by atoms with E-state index in [4.69, 9.17) is 6.42 Å². The molecule has 3 nitrogen and oxygen atoms in total. The molecule has 0 saturated heterocycles. The second-order valence-electron chi connectivity index (χ2n) is 3.50. The van der Waals surface area contributed by atoms with E-state index < -0.39 is 32.7 Å². The Labute approximate surface area is 103 Å². The summed E-state index contributed by atoms with van der Waals surface area (Å²) in [4.78, 5) is -0.834. The van der Waals surface area contributed by atoms with Gasteiger partial charge in [0.05, 0.1) is 16.5 Å². The van der Waals surface area contributed by atoms with Crippen molar-refractivity contribution in [1.29, 1.82) is 0 Å². The zero-order valence-electron chi connectivity index (χ0n) is 9.32. The highest BCUT2D eigenvalue weighted by Crippen LogP contribution is 2.33. The Morgan fingerprint density at radius 1 is 1.33 bits per heavy atom. The van der Waals surface area contributed by atoms with Crippen molar-refractivity contribution < 1.29 is 21.6 Å². The first kappa shape index (κ1) is 14.5. The molecule has 0 aliphatic carbocycles. The van der Waals surface area contributed by atoms with E-state index in [1.165, 1.54) is 13.0 Å². The van der Waals surface area contributed by atoms with E-state index in [-0.39, 0.29) is 0 Å². The maximum Gasteiger partial charge on any atom is 0.417 e. The van der Waals surface area contributed by atoms with Crippen LogP contribution in [0.1, 0.15) is 12.5 Å². The predicted octanol–water partition coefficient (Wildman–Crippen LogP) is 2.01. The fraction of sp³-hybridized carbons (Fsp3) is 0.273. The van der Waals surface area contributed by atoms with Crippen molar-refractivity contribution in [3.8, 4) is 12.3 Å². The Morgan fingerprint density at radius 3 is 2.39 bits per heavy atom. The quantitative estimate of drug-likeness (QED) is 0.859. The van der Waals surface area contributed by atoms with E-state index in [1.54, 1.807) is 0 Å². The van der Waals surface area contributed by atoms with Crippen LogP contribution in [-0.4, -0.2) is 14.5 Å². The Hall–Kier alpha value is -1.52. The molecule has 0 radical (unpaired) electrons. The molecule has 0 fully saturated rings. The van der Waals surface area contributed by atoms with Gasteiger partial charge in [-0.25, -0.2) is 8.42 Å². The van der Waals surface area contributed by atoms with Gasteiger partial charge in [-0.1, -0.05) is 18.1 Å². The van der Waals surface area contributed by atoms with Gasteiger partial charge in [0.1, 0.15) is 0 Å². The number of sulfonamides is 1. The molecule has 0 aliphatic rings. The smallest absolute Gasteiger partial charge is 0.207 e. The van der Waals surface area contributed by atoms with Crippen LogP contribution in [0.25, 0.3) is 0 Å². The van der Waals surface area contributed by atoms with Crippen LogP contribution in [0.3, 0.4) is 0 Å². The van der Waals surface area contributed by atoms with Crippen LogP contribution in [0.5, 0.6) is 0 Å². The number of halogens is 3. The van der Waals surface area contributed by atoms with Crippen LogP contribution in [0, 0.1) is 12.3 Å². The third-order valence-electron chi connectivity index (χ3n) is 2.06. The summed E-state index contributed by atoms with van der Waals surface area (Å²) in [5.74, 6) is 2.08. The summed E-state index contributed by atoms with van der Waals surface area (Å²) in [5, 5.41) is 0. The van der Waals surface area contributed by atoms with Crippen LogP contribution in [0.15, 0.2) is 29.2 Å². The standard InChI is InChI=1S/C11H10F3NO2S/c1-3-8(2)15-18(16,17)10-7-5-4-6-9(10)11(12,13)14/h1,4-8,15H,2H3. The molecule has 0 bridgehead atoms. The predicted molar refractivity (Wildman–Crippen MR) is 60.1 cm³/mol. The zero-order valence-corrected chi connectivity index (χ0v) is 10.1. The van der Waals surface area contributed by atoms with Crippen LogP contribution in [-0.2, 0) is 16.2 Å². The van der Waals surface area contributed by atoms with Crippen molar-refractivity contribution in [1.82, 2.24) is 4.72 Å². The van der Waals surface area contributed by atoms with Gasteiger partial charge >= 0.3 is 6.18 Å². The molecule has 0 saturated carbocycles. The van der Waals surface area contributed by atoms with Crippen molar-refractivity contribution in [3.05, 3.63) is 29.8 Å². The topological polar surface area (TPSA) is 46.2 Å². The lowest BCUT2D eigenvalue weighted by Crippen LogP contribution is -2.32. The van der Waals surface area contributed by atoms with Crippen molar-refractivity contribution in [3.63, 3.8) is 0 Å². The van der Waals surface area contributed by atoms with Crippen molar-refractivity contribution in [2.45, 2.75) is 24.0 Å². The lowest BCUT2D eigenvalue weighted by molar-refractivity contribution is -0.139. The Kier molecular flexibility index (Phi) is 4.04. The van der Waals surface area contributed by atoms with Gasteiger partial charge in [-0.2, -0.15) is 17.9 Å². The molecule has 0 aromatic heterocycles. The Morgan fingerprint density at radius 2 is 1.89 bits per heavy atom. The molecule has 1 atom stereocenters. The van der Waals surface area contributed by atoms with Crippen molar-refractivity contribution >= 4 is 10.0 Å². The van der Waals surface area contributed by atoms with Gasteiger partial charge in [-0.05, 0) is 19.1 Å². The lowest BCUT2D eigenvalue weighted by Gasteiger charge is -2.14. The van der Waals surface area contributed by atoms with Crippen LogP contribution in [0.4, 0.5) is 13.2 Å². The summed E-state index contributed by atoms with van der Waals surface area (Å²) in [6.07, 6.45) is 0.237. The largest absolute Gasteiger partial charge is 0.417 e. The minimum Gasteiger partial charge on any atom is -0.207 e. The lowest BCUT2D eigenvalue weighted by atomic mass is 10.2. The maximum atomic E-state index is 12.7. The molecule has 1 N–H and O–H groups in total. The van der Waals surface area contributed by atoms with Gasteiger partial charge < -0.3 is 0 Å². The fourth-order valence-electron chi connectivity index (χ4n) is 1.27. The summed E-state index contributed by atoms with van der Waals surface area (Å²) < 4.78 is 63.5. The van der Waals surface area contributed by atoms with E-state index in [0.717, 1.165) is 12.1 Å². The molecule has 1 aromatic rings. The summed E-state index contributed by atoms with van der Waals surface area (Å²) in [6.45, 7) is 1.35. The van der Waals surface area contributed by atoms with Gasteiger partial charge in [0.2, 0.25) is 10.0 Å². The second-order valence-corrected chi connectivity index (χ2v) is 5.19. The molecular formula is C11H10F3NO2S. The molecule has 7 heteroatoms. The van der Waals surface area contributed by atoms with Gasteiger partial charge in [-0.15, -0.1) is 6.42 Å². The van der Waals surface area contributed by atoms with Gasteiger partial charge in [0, 0.05) is 0 Å². The molecule has 1 rings (SSSR count). The van der Waals surface area contributed by atoms with E-state index in [0.29, 0.717) is 6.07 Å². The number of rotatable bonds is 3. The van der Waals surface area contributed by atoms with Gasteiger partial charge in [0.25, 0.3) is 0 Å². The molecule has 0 amide bonds. The van der Waals surface area contributed by atoms with Crippen molar-refractivity contribution in [2.24, 2.45) is 0 Å². The highest BCUT2D eigenvalue weighted by atomic mass is 32.2. The molecule has 98 valence electrons. The third-order valence-corrected chi connectivity index (χ3v) is 3.66. The number of nitrogens with one attached hydrogen (secondary N) is 1. The number of alkyl halides is 3. The van der Waals surface area contributed by atoms with E-state index in [9.17, 15) is 21.6 Å². The van der Waals surface area contributed by atoms with E-state index >= 15 is 0 Å². The molecule has 0 heterocycles. The summed E-state index contributed by atoms with van der Waals surface area (Å²) >= 11 is 0. The Balaban J connectivity index is 3.31. The van der Waals surface area contributed by atoms with E-state index in [1.807, 2.05) is 4.72 Å². The number of benzene rings is 1. The van der Waals surface area contributed by atoms with Gasteiger partial charge in [0.15, 0.2) is 0 Å². The van der Waals surface area contributed by atoms with E-state index in [2.05, 4.69) is 5.92 Å². The van der Waals surface area contributed by atoms with Crippen LogP contribution in [0.2, 0.25) is 0 Å². The SMILES string of the molecule is C#CC(C)NS(=O)(=O)c1ccccc1C(F)(F)F. The number of terminal acetylenes is 1. The maximum absolute atomic E-state index is 12.7. The minimum atomic E-state index is -4.75. The molecular weight excluding hydrogens is 267 g/mol. The molecule has 18 heavy (non-hydrogen) atoms. The van der Waals surface area contributed by atoms with Gasteiger partial charge in [-0.3, -0.25) is 0 Å². The highest BCUT2D eigenvalue weighted by Gasteiger charge is 2.36. The molecule has 0 aliphatic heterocycles. The first-order valence-corrected chi connectivity index (χ1v) is 6.31. The van der Waals surface area contributed by atoms with Crippen LogP contribution >= 0.6 is 0 Å². The van der Waals surface area contributed by atoms with Crippen LogP contribution < -0.4 is 4.72 Å². The summed E-state index contributed by atoms with van der Waals surface area (Å²) in [6, 6.07) is 3.02. The first-order chi connectivity index (χ1) is 8.18. The fourth-order valence-corrected chi connectivity index (χ4v) is 2.66. The molecule has 0 spiro atoms. The van der Waals surface area contributed by atoms with Crippen molar-refractivity contribution in [2.75, 3.05) is 0 Å².